The van der Waals surface area contributed by atoms with Crippen LogP contribution in [0.1, 0.15) is 32.1 Å². The van der Waals surface area contributed by atoms with Gasteiger partial charge in [-0.05, 0) is 12.8 Å². The lowest BCUT2D eigenvalue weighted by Crippen LogP contribution is -2.03. The van der Waals surface area contributed by atoms with Gasteiger partial charge in [0.05, 0.1) is 12.9 Å². The topological polar surface area (TPSA) is 52.6 Å². The molecule has 0 rings (SSSR count). The first kappa shape index (κ1) is 13.9. The van der Waals surface area contributed by atoms with Gasteiger partial charge in [-0.1, -0.05) is 19.3 Å². The normalized spacial score (nSPS) is 11.9. The van der Waals surface area contributed by atoms with Crippen molar-refractivity contribution < 1.29 is 17.3 Å². The fraction of sp³-hybridized carbons (Fsp3) is 1.00. The van der Waals surface area contributed by atoms with Gasteiger partial charge in [0, 0.05) is 13.7 Å². The van der Waals surface area contributed by atoms with Crippen molar-refractivity contribution in [2.75, 3.05) is 26.6 Å². The molecule has 0 aliphatic carbocycles. The average Bonchev–Trinajstić information content (AvgIpc) is 2.08. The van der Waals surface area contributed by atoms with Crippen molar-refractivity contribution in [2.24, 2.45) is 0 Å². The third-order valence-corrected chi connectivity index (χ3v) is 2.39. The molecule has 0 heterocycles. The maximum Gasteiger partial charge on any atom is 0.264 e. The Balaban J connectivity index is 3.07. The van der Waals surface area contributed by atoms with Crippen molar-refractivity contribution >= 4 is 10.1 Å². The predicted molar refractivity (Wildman–Crippen MR) is 55.8 cm³/mol. The molecule has 0 fully saturated rings. The summed E-state index contributed by atoms with van der Waals surface area (Å²) in [6.45, 7) is 1.11. The van der Waals surface area contributed by atoms with Gasteiger partial charge in [-0.2, -0.15) is 8.42 Å². The first-order valence-electron chi connectivity index (χ1n) is 4.89. The van der Waals surface area contributed by atoms with Gasteiger partial charge in [0.1, 0.15) is 0 Å². The van der Waals surface area contributed by atoms with Gasteiger partial charge >= 0.3 is 0 Å². The van der Waals surface area contributed by atoms with Crippen LogP contribution in [0.2, 0.25) is 0 Å². The highest BCUT2D eigenvalue weighted by atomic mass is 32.2. The SMILES string of the molecule is COCCCCCCCOS(C)(=O)=O. The van der Waals surface area contributed by atoms with E-state index < -0.39 is 10.1 Å². The first-order valence-corrected chi connectivity index (χ1v) is 6.71. The summed E-state index contributed by atoms with van der Waals surface area (Å²) in [5, 5.41) is 0. The average molecular weight is 224 g/mol. The molecule has 0 radical (unpaired) electrons. The molecular formula is C9H20O4S. The molecule has 5 heteroatoms. The molecular weight excluding hydrogens is 204 g/mol. The summed E-state index contributed by atoms with van der Waals surface area (Å²) >= 11 is 0. The van der Waals surface area contributed by atoms with E-state index in [9.17, 15) is 8.42 Å². The highest BCUT2D eigenvalue weighted by molar-refractivity contribution is 7.85. The molecule has 86 valence electrons. The molecule has 0 saturated heterocycles. The van der Waals surface area contributed by atoms with Gasteiger partial charge in [0.2, 0.25) is 0 Å². The number of unbranched alkanes of at least 4 members (excludes halogenated alkanes) is 4. The quantitative estimate of drug-likeness (QED) is 0.440. The second-order valence-electron chi connectivity index (χ2n) is 3.29. The van der Waals surface area contributed by atoms with E-state index in [0.29, 0.717) is 6.61 Å². The fourth-order valence-electron chi connectivity index (χ4n) is 1.09. The molecule has 14 heavy (non-hydrogen) atoms. The molecule has 0 amide bonds. The molecule has 0 saturated carbocycles. The minimum atomic E-state index is -3.25. The Hall–Kier alpha value is -0.130. The molecule has 0 aromatic carbocycles. The maximum atomic E-state index is 10.6. The van der Waals surface area contributed by atoms with Gasteiger partial charge in [0.25, 0.3) is 10.1 Å². The fourth-order valence-corrected chi connectivity index (χ4v) is 1.51. The molecule has 0 aromatic rings. The standard InChI is InChI=1S/C9H20O4S/c1-12-8-6-4-3-5-7-9-13-14(2,10)11/h3-9H2,1-2H3. The van der Waals surface area contributed by atoms with E-state index in [1.54, 1.807) is 7.11 Å². The lowest BCUT2D eigenvalue weighted by molar-refractivity contribution is 0.191. The van der Waals surface area contributed by atoms with E-state index in [2.05, 4.69) is 4.18 Å². The maximum absolute atomic E-state index is 10.6. The molecule has 0 aromatic heterocycles. The first-order chi connectivity index (χ1) is 6.56. The van der Waals surface area contributed by atoms with E-state index in [4.69, 9.17) is 4.74 Å². The summed E-state index contributed by atoms with van der Waals surface area (Å²) in [6, 6.07) is 0. The van der Waals surface area contributed by atoms with Crippen LogP contribution in [0.3, 0.4) is 0 Å². The van der Waals surface area contributed by atoms with Crippen molar-refractivity contribution in [3.8, 4) is 0 Å². The Kier molecular flexibility index (Phi) is 8.12. The Morgan fingerprint density at radius 3 is 1.93 bits per heavy atom. The van der Waals surface area contributed by atoms with Crippen molar-refractivity contribution in [3.05, 3.63) is 0 Å². The van der Waals surface area contributed by atoms with Crippen molar-refractivity contribution in [2.45, 2.75) is 32.1 Å². The van der Waals surface area contributed by atoms with Crippen LogP contribution in [0.4, 0.5) is 0 Å². The third kappa shape index (κ3) is 11.9. The van der Waals surface area contributed by atoms with Gasteiger partial charge in [-0.25, -0.2) is 0 Å². The molecule has 4 nitrogen and oxygen atoms in total. The van der Waals surface area contributed by atoms with Crippen LogP contribution >= 0.6 is 0 Å². The van der Waals surface area contributed by atoms with Crippen LogP contribution in [0, 0.1) is 0 Å². The number of ether oxygens (including phenoxy) is 1. The zero-order chi connectivity index (χ0) is 10.9. The summed E-state index contributed by atoms with van der Waals surface area (Å²) in [4.78, 5) is 0. The Bertz CT molecular complexity index is 211. The largest absolute Gasteiger partial charge is 0.385 e. The van der Waals surface area contributed by atoms with Crippen LogP contribution in [0.25, 0.3) is 0 Å². The summed E-state index contributed by atoms with van der Waals surface area (Å²) < 4.78 is 30.6. The zero-order valence-corrected chi connectivity index (χ0v) is 9.81. The highest BCUT2D eigenvalue weighted by Crippen LogP contribution is 2.03. The van der Waals surface area contributed by atoms with Crippen molar-refractivity contribution in [1.29, 1.82) is 0 Å². The highest BCUT2D eigenvalue weighted by Gasteiger charge is 1.99. The van der Waals surface area contributed by atoms with Crippen LogP contribution in [-0.2, 0) is 19.0 Å². The van der Waals surface area contributed by atoms with Gasteiger partial charge < -0.3 is 4.74 Å². The minimum absolute atomic E-state index is 0.309. The van der Waals surface area contributed by atoms with Crippen LogP contribution < -0.4 is 0 Å². The number of rotatable bonds is 9. The van der Waals surface area contributed by atoms with Gasteiger partial charge in [-0.15, -0.1) is 0 Å². The van der Waals surface area contributed by atoms with E-state index in [1.807, 2.05) is 0 Å². The summed E-state index contributed by atoms with van der Waals surface area (Å²) in [7, 11) is -1.55. The summed E-state index contributed by atoms with van der Waals surface area (Å²) in [6.07, 6.45) is 6.21. The van der Waals surface area contributed by atoms with Crippen LogP contribution in [0.15, 0.2) is 0 Å². The second kappa shape index (κ2) is 8.20. The summed E-state index contributed by atoms with van der Waals surface area (Å²) in [5.41, 5.74) is 0. The number of methoxy groups -OCH3 is 1. The van der Waals surface area contributed by atoms with Crippen LogP contribution in [0.5, 0.6) is 0 Å². The zero-order valence-electron chi connectivity index (χ0n) is 8.99. The Morgan fingerprint density at radius 2 is 1.43 bits per heavy atom. The van der Waals surface area contributed by atoms with E-state index in [0.717, 1.165) is 45.0 Å². The molecule has 0 unspecified atom stereocenters. The Labute approximate surface area is 86.7 Å². The molecule has 0 aliphatic heterocycles. The number of hydrogen-bond donors (Lipinski definition) is 0. The van der Waals surface area contributed by atoms with Gasteiger partial charge in [-0.3, -0.25) is 4.18 Å². The second-order valence-corrected chi connectivity index (χ2v) is 4.93. The van der Waals surface area contributed by atoms with E-state index in [-0.39, 0.29) is 0 Å². The van der Waals surface area contributed by atoms with E-state index >= 15 is 0 Å². The monoisotopic (exact) mass is 224 g/mol. The lowest BCUT2D eigenvalue weighted by Gasteiger charge is -2.01. The van der Waals surface area contributed by atoms with Crippen molar-refractivity contribution in [3.63, 3.8) is 0 Å². The molecule has 0 N–H and O–H groups in total. The van der Waals surface area contributed by atoms with E-state index in [1.165, 1.54) is 0 Å². The number of hydrogen-bond acceptors (Lipinski definition) is 4. The third-order valence-electron chi connectivity index (χ3n) is 1.79. The molecule has 0 aliphatic rings. The summed E-state index contributed by atoms with van der Waals surface area (Å²) in [5.74, 6) is 0. The molecule has 0 atom stereocenters. The minimum Gasteiger partial charge on any atom is -0.385 e. The van der Waals surface area contributed by atoms with Gasteiger partial charge in [0.15, 0.2) is 0 Å². The Morgan fingerprint density at radius 1 is 0.929 bits per heavy atom. The lowest BCUT2D eigenvalue weighted by atomic mass is 10.1. The smallest absolute Gasteiger partial charge is 0.264 e. The predicted octanol–water partition coefficient (Wildman–Crippen LogP) is 1.56. The molecule has 0 spiro atoms. The van der Waals surface area contributed by atoms with Crippen LogP contribution in [-0.4, -0.2) is 35.0 Å². The van der Waals surface area contributed by atoms with Crippen molar-refractivity contribution in [1.82, 2.24) is 0 Å². The molecule has 0 bridgehead atoms.